The van der Waals surface area contributed by atoms with Crippen LogP contribution < -0.4 is 0 Å². The molecule has 0 saturated heterocycles. The van der Waals surface area contributed by atoms with Gasteiger partial charge in [0.2, 0.25) is 0 Å². The number of carbonyl (C=O) groups is 1. The number of ketones is 1. The number of aliphatic hydroxyl groups excluding tert-OH is 1. The molecule has 0 spiro atoms. The summed E-state index contributed by atoms with van der Waals surface area (Å²) in [6, 6.07) is 36.2. The van der Waals surface area contributed by atoms with E-state index < -0.39 is 0 Å². The minimum Gasteiger partial charge on any atom is -0.512 e. The van der Waals surface area contributed by atoms with Crippen molar-refractivity contribution in [3.63, 3.8) is 0 Å². The van der Waals surface area contributed by atoms with Crippen molar-refractivity contribution < 1.29 is 30.0 Å². The fraction of sp³-hybridized carbons (Fsp3) is 0.289. The summed E-state index contributed by atoms with van der Waals surface area (Å²) in [5.41, 5.74) is 11.0. The zero-order valence-electron chi connectivity index (χ0n) is 29.8. The Labute approximate surface area is 308 Å². The van der Waals surface area contributed by atoms with Crippen molar-refractivity contribution >= 4 is 43.9 Å². The molecule has 1 aliphatic carbocycles. The molecule has 3 heterocycles. The van der Waals surface area contributed by atoms with Crippen LogP contribution in [0.2, 0.25) is 0 Å². The van der Waals surface area contributed by atoms with Crippen molar-refractivity contribution in [2.45, 2.75) is 72.6 Å². The molecule has 1 aliphatic rings. The second kappa shape index (κ2) is 14.1. The summed E-state index contributed by atoms with van der Waals surface area (Å²) in [6.45, 7) is 12.8. The number of nitrogens with zero attached hydrogens (tertiary/aromatic N) is 2. The van der Waals surface area contributed by atoms with Crippen LogP contribution in [0.25, 0.3) is 60.6 Å². The van der Waals surface area contributed by atoms with E-state index in [-0.39, 0.29) is 48.9 Å². The zero-order valence-corrected chi connectivity index (χ0v) is 32.2. The Morgan fingerprint density at radius 2 is 1.50 bits per heavy atom. The molecule has 0 bridgehead atoms. The van der Waals surface area contributed by atoms with Crippen LogP contribution in [-0.4, -0.2) is 20.3 Å². The number of carbonyl (C=O) groups excluding carboxylic acids is 1. The Bertz CT molecular complexity index is 2360. The van der Waals surface area contributed by atoms with Crippen LogP contribution in [0, 0.1) is 17.9 Å². The average molecular weight is 838 g/mol. The summed E-state index contributed by atoms with van der Waals surface area (Å²) in [5, 5.41) is 14.7. The number of rotatable bonds is 8. The summed E-state index contributed by atoms with van der Waals surface area (Å²) in [6.07, 6.45) is 4.91. The van der Waals surface area contributed by atoms with E-state index in [1.54, 1.807) is 0 Å². The Morgan fingerprint density at radius 3 is 2.24 bits per heavy atom. The predicted octanol–water partition coefficient (Wildman–Crippen LogP) is 11.9. The number of aromatic nitrogens is 2. The van der Waals surface area contributed by atoms with Gasteiger partial charge < -0.3 is 9.51 Å². The molecule has 50 heavy (non-hydrogen) atoms. The van der Waals surface area contributed by atoms with Gasteiger partial charge in [0.25, 0.3) is 0 Å². The van der Waals surface area contributed by atoms with Gasteiger partial charge in [0.1, 0.15) is 0 Å². The van der Waals surface area contributed by atoms with E-state index in [9.17, 15) is 9.90 Å². The number of aliphatic hydroxyl groups is 1. The van der Waals surface area contributed by atoms with Crippen LogP contribution in [0.15, 0.2) is 103 Å². The van der Waals surface area contributed by atoms with Crippen molar-refractivity contribution in [2.24, 2.45) is 11.8 Å². The predicted molar refractivity (Wildman–Crippen MR) is 205 cm³/mol. The van der Waals surface area contributed by atoms with Crippen LogP contribution in [0.4, 0.5) is 0 Å². The monoisotopic (exact) mass is 838 g/mol. The molecular formula is C45H45IrN2O2-. The third-order valence-corrected chi connectivity index (χ3v) is 10.9. The van der Waals surface area contributed by atoms with Crippen LogP contribution in [0.1, 0.15) is 78.4 Å². The van der Waals surface area contributed by atoms with Gasteiger partial charge in [-0.25, -0.2) is 0 Å². The number of hydrogen-bond acceptors (Lipinski definition) is 3. The van der Waals surface area contributed by atoms with Gasteiger partial charge in [0, 0.05) is 60.2 Å². The minimum absolute atomic E-state index is 0. The molecule has 1 radical (unpaired) electrons. The largest absolute Gasteiger partial charge is 0.512 e. The fourth-order valence-electron chi connectivity index (χ4n) is 8.12. The van der Waals surface area contributed by atoms with Crippen molar-refractivity contribution in [2.75, 3.05) is 0 Å². The maximum Gasteiger partial charge on any atom is 0.162 e. The third-order valence-electron chi connectivity index (χ3n) is 10.9. The molecule has 0 unspecified atom stereocenters. The number of benzene rings is 4. The van der Waals surface area contributed by atoms with Crippen molar-refractivity contribution in [3.8, 4) is 22.5 Å². The van der Waals surface area contributed by atoms with Gasteiger partial charge in [0.05, 0.1) is 11.3 Å². The second-order valence-electron chi connectivity index (χ2n) is 13.9. The number of hydrogen-bond donors (Lipinski definition) is 1. The number of para-hydroxylation sites is 2. The summed E-state index contributed by atoms with van der Waals surface area (Å²) in [7, 11) is 0. The van der Waals surface area contributed by atoms with Gasteiger partial charge >= 0.3 is 0 Å². The summed E-state index contributed by atoms with van der Waals surface area (Å²) in [4.78, 5) is 16.8. The molecule has 0 saturated carbocycles. The van der Waals surface area contributed by atoms with Gasteiger partial charge in [-0.05, 0) is 70.9 Å². The molecule has 5 heteroatoms. The average Bonchev–Trinajstić information content (AvgIpc) is 3.73. The van der Waals surface area contributed by atoms with E-state index in [0.717, 1.165) is 47.8 Å². The van der Waals surface area contributed by atoms with E-state index in [2.05, 4.69) is 115 Å². The summed E-state index contributed by atoms with van der Waals surface area (Å²) in [5.74, 6) is 0.547. The second-order valence-corrected chi connectivity index (χ2v) is 13.9. The molecule has 1 N–H and O–H groups in total. The molecule has 8 rings (SSSR count). The zero-order chi connectivity index (χ0) is 34.4. The minimum atomic E-state index is -0.111. The first kappa shape index (κ1) is 35.5. The molecule has 257 valence electrons. The van der Waals surface area contributed by atoms with Crippen LogP contribution in [-0.2, 0) is 30.3 Å². The molecule has 0 amide bonds. The van der Waals surface area contributed by atoms with Crippen molar-refractivity contribution in [1.29, 1.82) is 0 Å². The summed E-state index contributed by atoms with van der Waals surface area (Å²) < 4.78 is 2.50. The van der Waals surface area contributed by atoms with Gasteiger partial charge in [0.15, 0.2) is 5.78 Å². The van der Waals surface area contributed by atoms with Gasteiger partial charge in [-0.15, -0.1) is 17.7 Å². The van der Waals surface area contributed by atoms with Gasteiger partial charge in [-0.2, -0.15) is 0 Å². The number of allylic oxidation sites excluding steroid dienone is 2. The quantitative estimate of drug-likeness (QED) is 0.0942. The Hall–Kier alpha value is -4.31. The smallest absolute Gasteiger partial charge is 0.162 e. The maximum atomic E-state index is 11.7. The first-order valence-corrected chi connectivity index (χ1v) is 17.9. The molecule has 0 atom stereocenters. The maximum absolute atomic E-state index is 11.7. The first-order valence-electron chi connectivity index (χ1n) is 17.9. The first-order chi connectivity index (χ1) is 23.7. The molecule has 0 aliphatic heterocycles. The Morgan fingerprint density at radius 1 is 0.840 bits per heavy atom. The normalized spacial score (nSPS) is 13.6. The van der Waals surface area contributed by atoms with E-state index in [1.807, 2.05) is 27.7 Å². The number of fused-ring (bicyclic) bond motifs is 9. The standard InChI is InChI=1S/C32H21N2.C13H24O2.Ir/c1-32(2)24-12-6-4-11-22(24)31-29(32)28-23(26-18-15-19-9-3-7-13-25(19)33-26)17-16-21-20-10-5-8-14-27(20)34(31)30(21)28;1-5-10(6-2)12(14)9-13(15)11(7-3)8-4;/h3-16,18H,1-2H3;9-11,14H,5-8H2,1-4H3;/q-1;;/b;12-9-;. The van der Waals surface area contributed by atoms with E-state index in [4.69, 9.17) is 4.98 Å². The van der Waals surface area contributed by atoms with Crippen LogP contribution >= 0.6 is 0 Å². The van der Waals surface area contributed by atoms with E-state index >= 15 is 0 Å². The molecule has 7 aromatic rings. The fourth-order valence-corrected chi connectivity index (χ4v) is 8.12. The molecular weight excluding hydrogens is 793 g/mol. The topological polar surface area (TPSA) is 54.6 Å². The number of pyridine rings is 1. The van der Waals surface area contributed by atoms with Crippen molar-refractivity contribution in [1.82, 2.24) is 9.38 Å². The van der Waals surface area contributed by atoms with Crippen molar-refractivity contribution in [3.05, 3.63) is 120 Å². The van der Waals surface area contributed by atoms with Crippen LogP contribution in [0.3, 0.4) is 0 Å². The SMILES string of the molecule is CC1(C)c2ccccc2-c2c1c1c(-c3ccc4ccccc4n3)[c-]cc3c4ccccc4n2c13.CCC(CC)C(=O)/C=C(\O)C(CC)CC.[Ir]. The third kappa shape index (κ3) is 5.65. The van der Waals surface area contributed by atoms with E-state index in [0.29, 0.717) is 0 Å². The molecule has 0 fully saturated rings. The van der Waals surface area contributed by atoms with Crippen LogP contribution in [0.5, 0.6) is 0 Å². The van der Waals surface area contributed by atoms with Gasteiger partial charge in [-0.1, -0.05) is 125 Å². The molecule has 4 aromatic carbocycles. The van der Waals surface area contributed by atoms with E-state index in [1.165, 1.54) is 55.7 Å². The van der Waals surface area contributed by atoms with Gasteiger partial charge in [-0.3, -0.25) is 9.78 Å². The Balaban J connectivity index is 0.000000233. The molecule has 3 aromatic heterocycles. The Kier molecular flexibility index (Phi) is 10.0. The molecule has 4 nitrogen and oxygen atoms in total. The summed E-state index contributed by atoms with van der Waals surface area (Å²) >= 11 is 0.